The minimum atomic E-state index is 0.0441. The van der Waals surface area contributed by atoms with Crippen LogP contribution in [0, 0.1) is 11.3 Å². The van der Waals surface area contributed by atoms with Crippen LogP contribution in [0.2, 0.25) is 0 Å². The highest BCUT2D eigenvalue weighted by Gasteiger charge is 2.08. The van der Waals surface area contributed by atoms with Crippen molar-refractivity contribution in [1.29, 1.82) is 5.41 Å². The number of hydrogen-bond donors (Lipinski definition) is 2. The monoisotopic (exact) mass is 202 g/mol. The van der Waals surface area contributed by atoms with E-state index in [1.165, 1.54) is 0 Å². The van der Waals surface area contributed by atoms with Crippen LogP contribution < -0.4 is 5.73 Å². The predicted octanol–water partition coefficient (Wildman–Crippen LogP) is 1.61. The third kappa shape index (κ3) is 1.83. The van der Waals surface area contributed by atoms with Gasteiger partial charge in [-0.3, -0.25) is 5.41 Å². The molecule has 0 aliphatic carbocycles. The SMILES string of the molecule is CC(Cn1cnc2ccccc21)C(=N)N. The zero-order valence-electron chi connectivity index (χ0n) is 8.64. The topological polar surface area (TPSA) is 67.7 Å². The number of nitrogens with zero attached hydrogens (tertiary/aromatic N) is 2. The van der Waals surface area contributed by atoms with E-state index in [-0.39, 0.29) is 11.8 Å². The van der Waals surface area contributed by atoms with E-state index in [0.717, 1.165) is 11.0 Å². The minimum Gasteiger partial charge on any atom is -0.387 e. The fourth-order valence-electron chi connectivity index (χ4n) is 1.55. The Hall–Kier alpha value is -1.84. The predicted molar refractivity (Wildman–Crippen MR) is 60.8 cm³/mol. The molecule has 0 radical (unpaired) electrons. The molecule has 4 nitrogen and oxygen atoms in total. The molecular weight excluding hydrogens is 188 g/mol. The molecule has 1 aromatic carbocycles. The van der Waals surface area contributed by atoms with Crippen molar-refractivity contribution in [1.82, 2.24) is 9.55 Å². The van der Waals surface area contributed by atoms with Crippen molar-refractivity contribution in [3.8, 4) is 0 Å². The standard InChI is InChI=1S/C11H14N4/c1-8(11(12)13)6-15-7-14-9-4-2-3-5-10(9)15/h2-5,7-8H,6H2,1H3,(H3,12,13). The Morgan fingerprint density at radius 1 is 1.53 bits per heavy atom. The van der Waals surface area contributed by atoms with Crippen LogP contribution in [0.3, 0.4) is 0 Å². The molecule has 78 valence electrons. The summed E-state index contributed by atoms with van der Waals surface area (Å²) >= 11 is 0. The Morgan fingerprint density at radius 3 is 3.00 bits per heavy atom. The maximum atomic E-state index is 7.35. The van der Waals surface area contributed by atoms with Crippen molar-refractivity contribution >= 4 is 16.9 Å². The minimum absolute atomic E-state index is 0.0441. The molecule has 0 saturated carbocycles. The number of fused-ring (bicyclic) bond motifs is 1. The van der Waals surface area contributed by atoms with Crippen molar-refractivity contribution in [2.24, 2.45) is 11.7 Å². The third-order valence-electron chi connectivity index (χ3n) is 2.53. The van der Waals surface area contributed by atoms with Crippen molar-refractivity contribution in [2.45, 2.75) is 13.5 Å². The molecule has 0 saturated heterocycles. The van der Waals surface area contributed by atoms with Gasteiger partial charge in [-0.25, -0.2) is 4.98 Å². The molecule has 0 aliphatic rings. The molecule has 2 aromatic rings. The average Bonchev–Trinajstić information content (AvgIpc) is 2.62. The average molecular weight is 202 g/mol. The highest BCUT2D eigenvalue weighted by atomic mass is 15.0. The van der Waals surface area contributed by atoms with Crippen LogP contribution >= 0.6 is 0 Å². The van der Waals surface area contributed by atoms with Gasteiger partial charge in [-0.05, 0) is 12.1 Å². The van der Waals surface area contributed by atoms with Crippen molar-refractivity contribution in [3.63, 3.8) is 0 Å². The van der Waals surface area contributed by atoms with Crippen LogP contribution in [0.4, 0.5) is 0 Å². The highest BCUT2D eigenvalue weighted by Crippen LogP contribution is 2.13. The zero-order chi connectivity index (χ0) is 10.8. The zero-order valence-corrected chi connectivity index (χ0v) is 8.64. The van der Waals surface area contributed by atoms with Crippen molar-refractivity contribution in [2.75, 3.05) is 0 Å². The molecule has 0 amide bonds. The number of nitrogens with two attached hydrogens (primary N) is 1. The Bertz CT molecular complexity index is 486. The molecule has 1 unspecified atom stereocenters. The van der Waals surface area contributed by atoms with Crippen LogP contribution in [0.5, 0.6) is 0 Å². The maximum Gasteiger partial charge on any atom is 0.0958 e. The summed E-state index contributed by atoms with van der Waals surface area (Å²) in [6, 6.07) is 7.95. The van der Waals surface area contributed by atoms with Gasteiger partial charge in [0.25, 0.3) is 0 Å². The van der Waals surface area contributed by atoms with Gasteiger partial charge < -0.3 is 10.3 Å². The van der Waals surface area contributed by atoms with E-state index in [2.05, 4.69) is 4.98 Å². The molecule has 0 bridgehead atoms. The molecule has 0 aliphatic heterocycles. The fourth-order valence-corrected chi connectivity index (χ4v) is 1.55. The normalized spacial score (nSPS) is 12.9. The highest BCUT2D eigenvalue weighted by molar-refractivity contribution is 5.79. The summed E-state index contributed by atoms with van der Waals surface area (Å²) in [4.78, 5) is 4.28. The molecule has 1 heterocycles. The van der Waals surface area contributed by atoms with E-state index in [1.54, 1.807) is 6.33 Å². The summed E-state index contributed by atoms with van der Waals surface area (Å²) in [6.07, 6.45) is 1.80. The lowest BCUT2D eigenvalue weighted by Crippen LogP contribution is -2.23. The quantitative estimate of drug-likeness (QED) is 0.586. The van der Waals surface area contributed by atoms with E-state index >= 15 is 0 Å². The lowest BCUT2D eigenvalue weighted by Gasteiger charge is -2.10. The number of benzene rings is 1. The summed E-state index contributed by atoms with van der Waals surface area (Å²) < 4.78 is 2.03. The Balaban J connectivity index is 2.32. The number of nitrogens with one attached hydrogen (secondary N) is 1. The summed E-state index contributed by atoms with van der Waals surface area (Å²) in [6.45, 7) is 2.65. The molecule has 1 aromatic heterocycles. The molecule has 2 rings (SSSR count). The second-order valence-corrected chi connectivity index (χ2v) is 3.74. The number of hydrogen-bond acceptors (Lipinski definition) is 2. The third-order valence-corrected chi connectivity index (χ3v) is 2.53. The summed E-state index contributed by atoms with van der Waals surface area (Å²) in [5.41, 5.74) is 7.51. The molecule has 1 atom stereocenters. The first-order valence-corrected chi connectivity index (χ1v) is 4.92. The van der Waals surface area contributed by atoms with Crippen molar-refractivity contribution < 1.29 is 0 Å². The van der Waals surface area contributed by atoms with Crippen LogP contribution in [0.25, 0.3) is 11.0 Å². The summed E-state index contributed by atoms with van der Waals surface area (Å²) in [5.74, 6) is 0.260. The first-order valence-electron chi connectivity index (χ1n) is 4.92. The number of amidine groups is 1. The molecule has 0 fully saturated rings. The second kappa shape index (κ2) is 3.73. The van der Waals surface area contributed by atoms with Crippen LogP contribution in [0.1, 0.15) is 6.92 Å². The van der Waals surface area contributed by atoms with Gasteiger partial charge in [-0.1, -0.05) is 19.1 Å². The summed E-state index contributed by atoms with van der Waals surface area (Å²) in [5, 5.41) is 7.35. The van der Waals surface area contributed by atoms with E-state index in [1.807, 2.05) is 35.8 Å². The van der Waals surface area contributed by atoms with Gasteiger partial charge >= 0.3 is 0 Å². The maximum absolute atomic E-state index is 7.35. The van der Waals surface area contributed by atoms with Gasteiger partial charge in [0.2, 0.25) is 0 Å². The lowest BCUT2D eigenvalue weighted by atomic mass is 10.1. The van der Waals surface area contributed by atoms with Crippen LogP contribution in [-0.4, -0.2) is 15.4 Å². The van der Waals surface area contributed by atoms with Gasteiger partial charge in [0.1, 0.15) is 0 Å². The van der Waals surface area contributed by atoms with E-state index in [0.29, 0.717) is 6.54 Å². The van der Waals surface area contributed by atoms with Gasteiger partial charge in [0.05, 0.1) is 23.2 Å². The molecule has 0 spiro atoms. The molecule has 15 heavy (non-hydrogen) atoms. The molecule has 3 N–H and O–H groups in total. The number of para-hydroxylation sites is 2. The van der Waals surface area contributed by atoms with Crippen LogP contribution in [0.15, 0.2) is 30.6 Å². The first-order chi connectivity index (χ1) is 7.18. The van der Waals surface area contributed by atoms with E-state index < -0.39 is 0 Å². The number of rotatable bonds is 3. The van der Waals surface area contributed by atoms with E-state index in [4.69, 9.17) is 11.1 Å². The smallest absolute Gasteiger partial charge is 0.0958 e. The van der Waals surface area contributed by atoms with E-state index in [9.17, 15) is 0 Å². The first kappa shape index (κ1) is 9.71. The van der Waals surface area contributed by atoms with Crippen LogP contribution in [-0.2, 0) is 6.54 Å². The number of aromatic nitrogens is 2. The second-order valence-electron chi connectivity index (χ2n) is 3.74. The van der Waals surface area contributed by atoms with Gasteiger partial charge in [-0.15, -0.1) is 0 Å². The number of imidazole rings is 1. The Morgan fingerprint density at radius 2 is 2.27 bits per heavy atom. The van der Waals surface area contributed by atoms with Gasteiger partial charge in [-0.2, -0.15) is 0 Å². The Kier molecular flexibility index (Phi) is 2.41. The van der Waals surface area contributed by atoms with Crippen molar-refractivity contribution in [3.05, 3.63) is 30.6 Å². The van der Waals surface area contributed by atoms with Gasteiger partial charge in [0, 0.05) is 12.5 Å². The summed E-state index contributed by atoms with van der Waals surface area (Å²) in [7, 11) is 0. The lowest BCUT2D eigenvalue weighted by molar-refractivity contribution is 0.604. The largest absolute Gasteiger partial charge is 0.387 e. The molecule has 4 heteroatoms. The Labute approximate surface area is 88.2 Å². The van der Waals surface area contributed by atoms with Gasteiger partial charge in [0.15, 0.2) is 0 Å². The fraction of sp³-hybridized carbons (Fsp3) is 0.273. The molecular formula is C11H14N4.